The van der Waals surface area contributed by atoms with Gasteiger partial charge in [0.1, 0.15) is 5.82 Å². The van der Waals surface area contributed by atoms with Gasteiger partial charge in [-0.05, 0) is 28.1 Å². The molecule has 0 saturated carbocycles. The second-order valence-corrected chi connectivity index (χ2v) is 5.81. The Hall–Kier alpha value is -0.620. The lowest BCUT2D eigenvalue weighted by Crippen LogP contribution is -2.07. The molecule has 0 bridgehead atoms. The maximum Gasteiger partial charge on any atom is 0.180 e. The molecule has 0 aromatic heterocycles. The molecule has 1 aromatic carbocycles. The lowest BCUT2D eigenvalue weighted by atomic mass is 10.3. The summed E-state index contributed by atoms with van der Waals surface area (Å²) in [4.78, 5) is -0.0340. The average Bonchev–Trinajstić information content (AvgIpc) is 2.11. The van der Waals surface area contributed by atoms with Gasteiger partial charge in [0.05, 0.1) is 20.8 Å². The van der Waals surface area contributed by atoms with E-state index in [0.29, 0.717) is 0 Å². The highest BCUT2D eigenvalue weighted by Crippen LogP contribution is 2.26. The molecule has 78 valence electrons. The minimum absolute atomic E-state index is 0.0340. The molecular formula is C8H9BrFNO2S. The zero-order valence-electron chi connectivity index (χ0n) is 7.42. The van der Waals surface area contributed by atoms with E-state index in [9.17, 15) is 12.8 Å². The molecule has 1 rings (SSSR count). The van der Waals surface area contributed by atoms with Gasteiger partial charge in [0.2, 0.25) is 0 Å². The van der Waals surface area contributed by atoms with Gasteiger partial charge in [-0.25, -0.2) is 12.8 Å². The number of hydrogen-bond acceptors (Lipinski definition) is 3. The SMILES string of the molecule is CCS(=O)(=O)c1cc(Br)c(F)cc1N. The highest BCUT2D eigenvalue weighted by molar-refractivity contribution is 9.10. The number of benzene rings is 1. The van der Waals surface area contributed by atoms with Crippen LogP contribution in [0.15, 0.2) is 21.5 Å². The molecule has 0 atom stereocenters. The van der Waals surface area contributed by atoms with Gasteiger partial charge in [-0.1, -0.05) is 6.92 Å². The van der Waals surface area contributed by atoms with Crippen LogP contribution >= 0.6 is 15.9 Å². The van der Waals surface area contributed by atoms with E-state index in [2.05, 4.69) is 15.9 Å². The van der Waals surface area contributed by atoms with Crippen molar-refractivity contribution in [3.05, 3.63) is 22.4 Å². The maximum atomic E-state index is 12.9. The predicted octanol–water partition coefficient (Wildman–Crippen LogP) is 1.96. The van der Waals surface area contributed by atoms with Gasteiger partial charge in [0.15, 0.2) is 9.84 Å². The molecule has 0 unspecified atom stereocenters. The normalized spacial score (nSPS) is 11.6. The maximum absolute atomic E-state index is 12.9. The van der Waals surface area contributed by atoms with E-state index < -0.39 is 15.7 Å². The summed E-state index contributed by atoms with van der Waals surface area (Å²) in [6.45, 7) is 1.51. The Bertz CT molecular complexity index is 459. The molecule has 0 saturated heterocycles. The largest absolute Gasteiger partial charge is 0.398 e. The molecular weight excluding hydrogens is 273 g/mol. The van der Waals surface area contributed by atoms with Crippen molar-refractivity contribution in [1.82, 2.24) is 0 Å². The number of rotatable bonds is 2. The van der Waals surface area contributed by atoms with E-state index in [1.165, 1.54) is 13.0 Å². The van der Waals surface area contributed by atoms with Gasteiger partial charge in [0.25, 0.3) is 0 Å². The summed E-state index contributed by atoms with van der Waals surface area (Å²) in [5.41, 5.74) is 5.35. The van der Waals surface area contributed by atoms with Crippen LogP contribution in [0.25, 0.3) is 0 Å². The van der Waals surface area contributed by atoms with Crippen molar-refractivity contribution in [3.63, 3.8) is 0 Å². The summed E-state index contributed by atoms with van der Waals surface area (Å²) >= 11 is 2.91. The minimum atomic E-state index is -3.39. The molecule has 0 aliphatic carbocycles. The highest BCUT2D eigenvalue weighted by Gasteiger charge is 2.17. The average molecular weight is 282 g/mol. The molecule has 0 fully saturated rings. The third kappa shape index (κ3) is 2.06. The van der Waals surface area contributed by atoms with E-state index in [0.717, 1.165) is 6.07 Å². The first-order valence-electron chi connectivity index (χ1n) is 3.85. The minimum Gasteiger partial charge on any atom is -0.398 e. The van der Waals surface area contributed by atoms with Gasteiger partial charge < -0.3 is 5.73 Å². The van der Waals surface area contributed by atoms with E-state index in [1.807, 2.05) is 0 Å². The standard InChI is InChI=1S/C8H9BrFNO2S/c1-2-14(12,13)8-3-5(9)6(10)4-7(8)11/h3-4H,2,11H2,1H3. The Balaban J connectivity index is 3.45. The highest BCUT2D eigenvalue weighted by atomic mass is 79.9. The first kappa shape index (κ1) is 11.5. The smallest absolute Gasteiger partial charge is 0.180 e. The molecule has 14 heavy (non-hydrogen) atoms. The van der Waals surface area contributed by atoms with Crippen molar-refractivity contribution in [1.29, 1.82) is 0 Å². The van der Waals surface area contributed by atoms with Crippen LogP contribution in [0.3, 0.4) is 0 Å². The van der Waals surface area contributed by atoms with Crippen molar-refractivity contribution in [3.8, 4) is 0 Å². The third-order valence-electron chi connectivity index (χ3n) is 1.77. The summed E-state index contributed by atoms with van der Waals surface area (Å²) in [5.74, 6) is -0.632. The van der Waals surface area contributed by atoms with Crippen molar-refractivity contribution in [2.75, 3.05) is 11.5 Å². The molecule has 0 spiro atoms. The summed E-state index contributed by atoms with van der Waals surface area (Å²) < 4.78 is 36.0. The Kier molecular flexibility index (Phi) is 3.16. The zero-order chi connectivity index (χ0) is 10.9. The summed E-state index contributed by atoms with van der Waals surface area (Å²) in [5, 5.41) is 0. The molecule has 0 amide bonds. The quantitative estimate of drug-likeness (QED) is 0.666. The van der Waals surface area contributed by atoms with E-state index in [1.54, 1.807) is 0 Å². The van der Waals surface area contributed by atoms with Crippen LogP contribution in [0.1, 0.15) is 6.92 Å². The van der Waals surface area contributed by atoms with Gasteiger partial charge in [0, 0.05) is 0 Å². The van der Waals surface area contributed by atoms with Crippen LogP contribution in [0.4, 0.5) is 10.1 Å². The number of halogens is 2. The van der Waals surface area contributed by atoms with Crippen LogP contribution < -0.4 is 5.73 Å². The van der Waals surface area contributed by atoms with Crippen LogP contribution in [0, 0.1) is 5.82 Å². The van der Waals surface area contributed by atoms with Gasteiger partial charge >= 0.3 is 0 Å². The summed E-state index contributed by atoms with van der Waals surface area (Å²) in [7, 11) is -3.39. The van der Waals surface area contributed by atoms with Crippen LogP contribution in [0.2, 0.25) is 0 Å². The van der Waals surface area contributed by atoms with Crippen LogP contribution in [-0.2, 0) is 9.84 Å². The van der Waals surface area contributed by atoms with Crippen LogP contribution in [0.5, 0.6) is 0 Å². The molecule has 3 nitrogen and oxygen atoms in total. The van der Waals surface area contributed by atoms with Gasteiger partial charge in [-0.2, -0.15) is 0 Å². The number of anilines is 1. The van der Waals surface area contributed by atoms with E-state index in [4.69, 9.17) is 5.73 Å². The number of sulfone groups is 1. The second-order valence-electron chi connectivity index (χ2n) is 2.71. The fourth-order valence-electron chi connectivity index (χ4n) is 0.969. The van der Waals surface area contributed by atoms with Gasteiger partial charge in [-0.15, -0.1) is 0 Å². The predicted molar refractivity (Wildman–Crippen MR) is 56.2 cm³/mol. The monoisotopic (exact) mass is 281 g/mol. The molecule has 0 aliphatic heterocycles. The lowest BCUT2D eigenvalue weighted by molar-refractivity contribution is 0.596. The van der Waals surface area contributed by atoms with Crippen molar-refractivity contribution < 1.29 is 12.8 Å². The van der Waals surface area contributed by atoms with Gasteiger partial charge in [-0.3, -0.25) is 0 Å². The van der Waals surface area contributed by atoms with E-state index in [-0.39, 0.29) is 20.8 Å². The van der Waals surface area contributed by atoms with Crippen molar-refractivity contribution in [2.24, 2.45) is 0 Å². The Labute approximate surface area is 90.2 Å². The zero-order valence-corrected chi connectivity index (χ0v) is 9.82. The number of hydrogen-bond donors (Lipinski definition) is 1. The molecule has 0 aliphatic rings. The molecule has 0 radical (unpaired) electrons. The topological polar surface area (TPSA) is 60.2 Å². The molecule has 1 aromatic rings. The Morgan fingerprint density at radius 2 is 2.07 bits per heavy atom. The van der Waals surface area contributed by atoms with Crippen molar-refractivity contribution in [2.45, 2.75) is 11.8 Å². The Morgan fingerprint density at radius 3 is 2.57 bits per heavy atom. The molecule has 2 N–H and O–H groups in total. The molecule has 6 heteroatoms. The second kappa shape index (κ2) is 3.86. The summed E-state index contributed by atoms with van der Waals surface area (Å²) in [6, 6.07) is 2.18. The first-order chi connectivity index (χ1) is 6.38. The van der Waals surface area contributed by atoms with Crippen LogP contribution in [-0.4, -0.2) is 14.2 Å². The lowest BCUT2D eigenvalue weighted by Gasteiger charge is -2.06. The third-order valence-corrected chi connectivity index (χ3v) is 4.16. The number of nitrogens with two attached hydrogens (primary N) is 1. The Morgan fingerprint density at radius 1 is 1.50 bits per heavy atom. The number of nitrogen functional groups attached to an aromatic ring is 1. The fourth-order valence-corrected chi connectivity index (χ4v) is 2.49. The fraction of sp³-hybridized carbons (Fsp3) is 0.250. The molecule has 0 heterocycles. The van der Waals surface area contributed by atoms with E-state index >= 15 is 0 Å². The summed E-state index contributed by atoms with van der Waals surface area (Å²) in [6.07, 6.45) is 0. The van der Waals surface area contributed by atoms with Crippen molar-refractivity contribution >= 4 is 31.5 Å². The first-order valence-corrected chi connectivity index (χ1v) is 6.30.